The van der Waals surface area contributed by atoms with Gasteiger partial charge in [0.2, 0.25) is 0 Å². The normalized spacial score (nSPS) is 12.4. The van der Waals surface area contributed by atoms with Crippen LogP contribution >= 0.6 is 27.5 Å². The van der Waals surface area contributed by atoms with E-state index >= 15 is 0 Å². The number of halogens is 2. The molecule has 2 aromatic rings. The number of nitrogens with zero attached hydrogens (tertiary/aromatic N) is 2. The first-order valence-electron chi connectivity index (χ1n) is 5.04. The molecular formula is C12H10BrClN2O. The van der Waals surface area contributed by atoms with Crippen molar-refractivity contribution < 1.29 is 5.11 Å². The molecule has 88 valence electrons. The maximum atomic E-state index is 9.99. The molecule has 1 aromatic heterocycles. The molecule has 0 aliphatic rings. The van der Waals surface area contributed by atoms with Crippen molar-refractivity contribution in [3.8, 4) is 0 Å². The van der Waals surface area contributed by atoms with E-state index in [1.165, 1.54) is 0 Å². The Kier molecular flexibility index (Phi) is 4.10. The molecule has 1 heterocycles. The monoisotopic (exact) mass is 312 g/mol. The minimum absolute atomic E-state index is 0.421. The second kappa shape index (κ2) is 5.58. The topological polar surface area (TPSA) is 46.0 Å². The van der Waals surface area contributed by atoms with Crippen molar-refractivity contribution >= 4 is 27.5 Å². The van der Waals surface area contributed by atoms with Crippen molar-refractivity contribution in [3.05, 3.63) is 57.5 Å². The van der Waals surface area contributed by atoms with Crippen LogP contribution in [0.4, 0.5) is 0 Å². The minimum Gasteiger partial charge on any atom is -0.386 e. The average Bonchev–Trinajstić information content (AvgIpc) is 2.34. The molecular weight excluding hydrogens is 304 g/mol. The number of aromatic nitrogens is 2. The molecule has 1 aromatic carbocycles. The Balaban J connectivity index is 2.16. The molecule has 2 rings (SSSR count). The average molecular weight is 314 g/mol. The van der Waals surface area contributed by atoms with E-state index < -0.39 is 6.10 Å². The predicted molar refractivity (Wildman–Crippen MR) is 69.8 cm³/mol. The summed E-state index contributed by atoms with van der Waals surface area (Å²) in [5.74, 6) is 0. The molecule has 3 nitrogen and oxygen atoms in total. The van der Waals surface area contributed by atoms with E-state index in [0.717, 1.165) is 10.0 Å². The third-order valence-corrected chi connectivity index (χ3v) is 3.20. The Bertz CT molecular complexity index is 507. The Hall–Kier alpha value is -0.970. The van der Waals surface area contributed by atoms with Crippen LogP contribution in [0.25, 0.3) is 0 Å². The highest BCUT2D eigenvalue weighted by atomic mass is 79.9. The van der Waals surface area contributed by atoms with Crippen LogP contribution < -0.4 is 0 Å². The van der Waals surface area contributed by atoms with Gasteiger partial charge in [-0.3, -0.25) is 9.97 Å². The summed E-state index contributed by atoms with van der Waals surface area (Å²) in [5.41, 5.74) is 1.43. The first kappa shape index (κ1) is 12.5. The lowest BCUT2D eigenvalue weighted by atomic mass is 10.1. The lowest BCUT2D eigenvalue weighted by Crippen LogP contribution is -2.04. The number of aliphatic hydroxyl groups excluding tert-OH is 1. The van der Waals surface area contributed by atoms with E-state index in [4.69, 9.17) is 11.6 Å². The Morgan fingerprint density at radius 2 is 2.18 bits per heavy atom. The van der Waals surface area contributed by atoms with Crippen LogP contribution in [0.2, 0.25) is 5.02 Å². The van der Waals surface area contributed by atoms with Crippen LogP contribution in [-0.4, -0.2) is 15.1 Å². The molecule has 0 amide bonds. The first-order chi connectivity index (χ1) is 8.16. The second-order valence-electron chi connectivity index (χ2n) is 3.59. The zero-order valence-electron chi connectivity index (χ0n) is 8.85. The summed E-state index contributed by atoms with van der Waals surface area (Å²) in [6.45, 7) is 0. The molecule has 0 bridgehead atoms. The summed E-state index contributed by atoms with van der Waals surface area (Å²) in [7, 11) is 0. The van der Waals surface area contributed by atoms with Gasteiger partial charge in [0, 0.05) is 28.3 Å². The van der Waals surface area contributed by atoms with Crippen LogP contribution in [0.3, 0.4) is 0 Å². The van der Waals surface area contributed by atoms with Crippen molar-refractivity contribution in [2.45, 2.75) is 12.5 Å². The zero-order valence-corrected chi connectivity index (χ0v) is 11.2. The summed E-state index contributed by atoms with van der Waals surface area (Å²) >= 11 is 9.42. The first-order valence-corrected chi connectivity index (χ1v) is 6.22. The predicted octanol–water partition coefficient (Wildman–Crippen LogP) is 3.17. The van der Waals surface area contributed by atoms with Gasteiger partial charge in [0.1, 0.15) is 6.10 Å². The lowest BCUT2D eigenvalue weighted by Gasteiger charge is -2.10. The fourth-order valence-electron chi connectivity index (χ4n) is 1.48. The van der Waals surface area contributed by atoms with E-state index in [-0.39, 0.29) is 0 Å². The Morgan fingerprint density at radius 3 is 2.82 bits per heavy atom. The van der Waals surface area contributed by atoms with E-state index in [2.05, 4.69) is 25.9 Å². The van der Waals surface area contributed by atoms with Crippen molar-refractivity contribution in [3.63, 3.8) is 0 Å². The number of hydrogen-bond donors (Lipinski definition) is 1. The van der Waals surface area contributed by atoms with Crippen molar-refractivity contribution in [2.75, 3.05) is 0 Å². The zero-order chi connectivity index (χ0) is 12.3. The van der Waals surface area contributed by atoms with Gasteiger partial charge >= 0.3 is 0 Å². The Labute approximate surface area is 113 Å². The summed E-state index contributed by atoms with van der Waals surface area (Å²) in [6.07, 6.45) is 4.41. The summed E-state index contributed by atoms with van der Waals surface area (Å²) in [6, 6.07) is 5.58. The van der Waals surface area contributed by atoms with Crippen molar-refractivity contribution in [1.82, 2.24) is 9.97 Å². The highest BCUT2D eigenvalue weighted by Gasteiger charge is 2.12. The SMILES string of the molecule is OC(Cc1ccc(Br)cc1Cl)c1cnccn1. The van der Waals surface area contributed by atoms with Gasteiger partial charge < -0.3 is 5.11 Å². The summed E-state index contributed by atoms with van der Waals surface area (Å²) < 4.78 is 0.917. The van der Waals surface area contributed by atoms with Crippen LogP contribution in [0, 0.1) is 0 Å². The van der Waals surface area contributed by atoms with Crippen LogP contribution in [0.5, 0.6) is 0 Å². The molecule has 17 heavy (non-hydrogen) atoms. The van der Waals surface area contributed by atoms with Gasteiger partial charge in [-0.05, 0) is 17.7 Å². The van der Waals surface area contributed by atoms with Crippen LogP contribution in [-0.2, 0) is 6.42 Å². The van der Waals surface area contributed by atoms with Gasteiger partial charge in [-0.15, -0.1) is 0 Å². The Morgan fingerprint density at radius 1 is 1.35 bits per heavy atom. The van der Waals surface area contributed by atoms with Gasteiger partial charge in [0.25, 0.3) is 0 Å². The standard InChI is InChI=1S/C12H10BrClN2O/c13-9-2-1-8(10(14)6-9)5-12(17)11-7-15-3-4-16-11/h1-4,6-7,12,17H,5H2. The number of benzene rings is 1. The molecule has 0 saturated carbocycles. The molecule has 0 aliphatic carbocycles. The molecule has 0 spiro atoms. The van der Waals surface area contributed by atoms with Gasteiger partial charge in [0.15, 0.2) is 0 Å². The summed E-state index contributed by atoms with van der Waals surface area (Å²) in [5, 5.41) is 10.6. The fraction of sp³-hybridized carbons (Fsp3) is 0.167. The van der Waals surface area contributed by atoms with Crippen LogP contribution in [0.1, 0.15) is 17.4 Å². The molecule has 5 heteroatoms. The maximum absolute atomic E-state index is 9.99. The largest absolute Gasteiger partial charge is 0.386 e. The smallest absolute Gasteiger partial charge is 0.102 e. The molecule has 0 aliphatic heterocycles. The van der Waals surface area contributed by atoms with Crippen LogP contribution in [0.15, 0.2) is 41.3 Å². The molecule has 0 saturated heterocycles. The van der Waals surface area contributed by atoms with E-state index in [0.29, 0.717) is 17.1 Å². The molecule has 0 radical (unpaired) electrons. The lowest BCUT2D eigenvalue weighted by molar-refractivity contribution is 0.173. The van der Waals surface area contributed by atoms with Crippen molar-refractivity contribution in [1.29, 1.82) is 0 Å². The third-order valence-electron chi connectivity index (χ3n) is 2.35. The maximum Gasteiger partial charge on any atom is 0.102 e. The number of rotatable bonds is 3. The van der Waals surface area contributed by atoms with E-state index in [1.54, 1.807) is 24.7 Å². The quantitative estimate of drug-likeness (QED) is 0.946. The molecule has 1 unspecified atom stereocenters. The molecule has 1 atom stereocenters. The second-order valence-corrected chi connectivity index (χ2v) is 4.91. The van der Waals surface area contributed by atoms with Gasteiger partial charge in [0.05, 0.1) is 11.9 Å². The highest BCUT2D eigenvalue weighted by molar-refractivity contribution is 9.10. The van der Waals surface area contributed by atoms with Crippen molar-refractivity contribution in [2.24, 2.45) is 0 Å². The summed E-state index contributed by atoms with van der Waals surface area (Å²) in [4.78, 5) is 7.98. The number of aliphatic hydroxyl groups is 1. The van der Waals surface area contributed by atoms with E-state index in [1.807, 2.05) is 12.1 Å². The van der Waals surface area contributed by atoms with Gasteiger partial charge in [-0.25, -0.2) is 0 Å². The van der Waals surface area contributed by atoms with Gasteiger partial charge in [-0.2, -0.15) is 0 Å². The fourth-order valence-corrected chi connectivity index (χ4v) is 2.23. The molecule has 0 fully saturated rings. The van der Waals surface area contributed by atoms with Gasteiger partial charge in [-0.1, -0.05) is 33.6 Å². The number of hydrogen-bond acceptors (Lipinski definition) is 3. The molecule has 1 N–H and O–H groups in total. The third kappa shape index (κ3) is 3.25. The van der Waals surface area contributed by atoms with E-state index in [9.17, 15) is 5.11 Å². The highest BCUT2D eigenvalue weighted by Crippen LogP contribution is 2.25. The minimum atomic E-state index is -0.692.